The zero-order valence-corrected chi connectivity index (χ0v) is 16.6. The number of esters is 1. The number of thiophene rings is 1. The first kappa shape index (κ1) is 19.5. The Hall–Kier alpha value is -2.27. The quantitative estimate of drug-likeness (QED) is 0.557. The lowest BCUT2D eigenvalue weighted by atomic mass is 10.2. The van der Waals surface area contributed by atoms with Crippen molar-refractivity contribution in [3.05, 3.63) is 51.5 Å². The summed E-state index contributed by atoms with van der Waals surface area (Å²) in [5.74, 6) is -0.303. The fourth-order valence-corrected chi connectivity index (χ4v) is 3.82. The molecule has 3 aromatic rings. The van der Waals surface area contributed by atoms with Gasteiger partial charge in [-0.1, -0.05) is 16.8 Å². The van der Waals surface area contributed by atoms with Gasteiger partial charge in [0, 0.05) is 25.0 Å². The van der Waals surface area contributed by atoms with E-state index in [-0.39, 0.29) is 28.0 Å². The summed E-state index contributed by atoms with van der Waals surface area (Å²) >= 11 is 7.51. The van der Waals surface area contributed by atoms with Gasteiger partial charge in [-0.3, -0.25) is 0 Å². The van der Waals surface area contributed by atoms with Gasteiger partial charge in [0.1, 0.15) is 0 Å². The summed E-state index contributed by atoms with van der Waals surface area (Å²) in [6.07, 6.45) is 0. The van der Waals surface area contributed by atoms with Gasteiger partial charge in [-0.15, -0.1) is 0 Å². The van der Waals surface area contributed by atoms with Crippen LogP contribution in [-0.4, -0.2) is 42.9 Å². The standard InChI is InChI=1S/C16H14ClN3O5S2/c1-20(2)27(22,23)11-3-4-13(17)12(7-11)16(21)24-8-14-18-15(19-25-14)10-5-6-26-9-10/h3-7,9H,8H2,1-2H3. The number of hydrogen-bond acceptors (Lipinski definition) is 8. The minimum absolute atomic E-state index is 0.0682. The van der Waals surface area contributed by atoms with Gasteiger partial charge in [0.25, 0.3) is 5.89 Å². The lowest BCUT2D eigenvalue weighted by Crippen LogP contribution is -2.22. The van der Waals surface area contributed by atoms with E-state index in [2.05, 4.69) is 10.1 Å². The molecule has 11 heteroatoms. The Kier molecular flexibility index (Phi) is 5.61. The minimum atomic E-state index is -3.71. The van der Waals surface area contributed by atoms with Crippen molar-refractivity contribution in [2.45, 2.75) is 11.5 Å². The third-order valence-electron chi connectivity index (χ3n) is 3.51. The zero-order valence-electron chi connectivity index (χ0n) is 14.2. The lowest BCUT2D eigenvalue weighted by Gasteiger charge is -2.12. The molecule has 0 radical (unpaired) electrons. The first-order chi connectivity index (χ1) is 12.8. The maximum absolute atomic E-state index is 12.3. The van der Waals surface area contributed by atoms with Crippen LogP contribution < -0.4 is 0 Å². The molecule has 1 aromatic carbocycles. The number of sulfonamides is 1. The molecule has 2 aromatic heterocycles. The summed E-state index contributed by atoms with van der Waals surface area (Å²) < 4.78 is 35.6. The molecule has 0 saturated heterocycles. The fourth-order valence-electron chi connectivity index (χ4n) is 2.06. The second-order valence-corrected chi connectivity index (χ2v) is 8.87. The van der Waals surface area contributed by atoms with Crippen LogP contribution in [0.2, 0.25) is 5.02 Å². The molecule has 0 aliphatic heterocycles. The topological polar surface area (TPSA) is 103 Å². The molecule has 0 aliphatic carbocycles. The van der Waals surface area contributed by atoms with E-state index in [0.29, 0.717) is 5.82 Å². The lowest BCUT2D eigenvalue weighted by molar-refractivity contribution is 0.0429. The first-order valence-corrected chi connectivity index (χ1v) is 10.3. The Morgan fingerprint density at radius 2 is 2.11 bits per heavy atom. The molecule has 0 aliphatic rings. The van der Waals surface area contributed by atoms with Gasteiger partial charge in [-0.05, 0) is 29.6 Å². The van der Waals surface area contributed by atoms with Crippen molar-refractivity contribution >= 4 is 38.9 Å². The van der Waals surface area contributed by atoms with Gasteiger partial charge in [0.05, 0.1) is 15.5 Å². The molecule has 0 unspecified atom stereocenters. The number of carbonyl (C=O) groups is 1. The molecule has 0 fully saturated rings. The van der Waals surface area contributed by atoms with Crippen LogP contribution in [0.25, 0.3) is 11.4 Å². The number of hydrogen-bond donors (Lipinski definition) is 0. The number of halogens is 1. The second-order valence-electron chi connectivity index (χ2n) is 5.53. The van der Waals surface area contributed by atoms with Crippen LogP contribution in [0.3, 0.4) is 0 Å². The highest BCUT2D eigenvalue weighted by Crippen LogP contribution is 2.23. The molecule has 0 amide bonds. The Balaban J connectivity index is 1.75. The van der Waals surface area contributed by atoms with Crippen LogP contribution in [0.5, 0.6) is 0 Å². The smallest absolute Gasteiger partial charge is 0.340 e. The zero-order chi connectivity index (χ0) is 19.6. The van der Waals surface area contributed by atoms with Crippen LogP contribution in [0.1, 0.15) is 16.2 Å². The summed E-state index contributed by atoms with van der Waals surface area (Å²) in [7, 11) is -0.929. The van der Waals surface area contributed by atoms with Gasteiger partial charge in [0.15, 0.2) is 6.61 Å². The molecule has 0 N–H and O–H groups in total. The number of aromatic nitrogens is 2. The highest BCUT2D eigenvalue weighted by atomic mass is 35.5. The van der Waals surface area contributed by atoms with Crippen LogP contribution in [0.15, 0.2) is 44.4 Å². The van der Waals surface area contributed by atoms with Gasteiger partial charge in [0.2, 0.25) is 15.8 Å². The molecule has 0 spiro atoms. The third-order valence-corrected chi connectivity index (χ3v) is 6.33. The van der Waals surface area contributed by atoms with E-state index in [9.17, 15) is 13.2 Å². The molecule has 0 bridgehead atoms. The van der Waals surface area contributed by atoms with Crippen LogP contribution >= 0.6 is 22.9 Å². The van der Waals surface area contributed by atoms with Gasteiger partial charge in [-0.25, -0.2) is 17.5 Å². The molecule has 8 nitrogen and oxygen atoms in total. The van der Waals surface area contributed by atoms with E-state index in [1.165, 1.54) is 43.6 Å². The van der Waals surface area contributed by atoms with E-state index in [0.717, 1.165) is 9.87 Å². The Morgan fingerprint density at radius 1 is 1.33 bits per heavy atom. The van der Waals surface area contributed by atoms with Crippen LogP contribution in [0.4, 0.5) is 0 Å². The maximum Gasteiger partial charge on any atom is 0.340 e. The van der Waals surface area contributed by atoms with Gasteiger partial charge >= 0.3 is 5.97 Å². The van der Waals surface area contributed by atoms with Crippen molar-refractivity contribution in [3.8, 4) is 11.4 Å². The molecule has 142 valence electrons. The van der Waals surface area contributed by atoms with Crippen molar-refractivity contribution < 1.29 is 22.5 Å². The largest absolute Gasteiger partial charge is 0.452 e. The summed E-state index contributed by atoms with van der Waals surface area (Å²) in [5.41, 5.74) is 0.725. The summed E-state index contributed by atoms with van der Waals surface area (Å²) in [6, 6.07) is 5.65. The van der Waals surface area contributed by atoms with Crippen molar-refractivity contribution in [1.29, 1.82) is 0 Å². The SMILES string of the molecule is CN(C)S(=O)(=O)c1ccc(Cl)c(C(=O)OCc2nc(-c3ccsc3)no2)c1. The van der Waals surface area contributed by atoms with E-state index < -0.39 is 16.0 Å². The van der Waals surface area contributed by atoms with Crippen molar-refractivity contribution in [1.82, 2.24) is 14.4 Å². The van der Waals surface area contributed by atoms with E-state index in [1.54, 1.807) is 0 Å². The highest BCUT2D eigenvalue weighted by molar-refractivity contribution is 7.89. The van der Waals surface area contributed by atoms with E-state index >= 15 is 0 Å². The number of rotatable bonds is 6. The Morgan fingerprint density at radius 3 is 2.78 bits per heavy atom. The number of carbonyl (C=O) groups excluding carboxylic acids is 1. The van der Waals surface area contributed by atoms with Crippen LogP contribution in [-0.2, 0) is 21.4 Å². The van der Waals surface area contributed by atoms with Crippen LogP contribution in [0, 0.1) is 0 Å². The van der Waals surface area contributed by atoms with Gasteiger partial charge in [-0.2, -0.15) is 16.3 Å². The Labute approximate surface area is 164 Å². The predicted molar refractivity (Wildman–Crippen MR) is 99.1 cm³/mol. The van der Waals surface area contributed by atoms with Gasteiger partial charge < -0.3 is 9.26 Å². The summed E-state index contributed by atoms with van der Waals surface area (Å²) in [6.45, 7) is -0.267. The summed E-state index contributed by atoms with van der Waals surface area (Å²) in [5, 5.41) is 7.62. The highest BCUT2D eigenvalue weighted by Gasteiger charge is 2.22. The molecular formula is C16H14ClN3O5S2. The normalized spacial score (nSPS) is 11.7. The number of nitrogens with zero attached hydrogens (tertiary/aromatic N) is 3. The molecule has 27 heavy (non-hydrogen) atoms. The van der Waals surface area contributed by atoms with E-state index in [4.69, 9.17) is 20.9 Å². The predicted octanol–water partition coefficient (Wildman–Crippen LogP) is 3.06. The molecule has 2 heterocycles. The maximum atomic E-state index is 12.3. The second kappa shape index (κ2) is 7.77. The van der Waals surface area contributed by atoms with E-state index in [1.807, 2.05) is 16.8 Å². The summed E-state index contributed by atoms with van der Waals surface area (Å²) in [4.78, 5) is 16.4. The first-order valence-electron chi connectivity index (χ1n) is 7.53. The average molecular weight is 428 g/mol. The van der Waals surface area contributed by atoms with Crippen molar-refractivity contribution in [3.63, 3.8) is 0 Å². The number of ether oxygens (including phenoxy) is 1. The van der Waals surface area contributed by atoms with Crippen molar-refractivity contribution in [2.75, 3.05) is 14.1 Å². The monoisotopic (exact) mass is 427 g/mol. The molecular weight excluding hydrogens is 414 g/mol. The molecule has 3 rings (SSSR count). The molecule has 0 saturated carbocycles. The fraction of sp³-hybridized carbons (Fsp3) is 0.188. The molecule has 0 atom stereocenters. The average Bonchev–Trinajstić information content (AvgIpc) is 3.31. The van der Waals surface area contributed by atoms with Crippen molar-refractivity contribution in [2.24, 2.45) is 0 Å². The third kappa shape index (κ3) is 4.19. The number of benzene rings is 1. The Bertz CT molecular complexity index is 1060. The minimum Gasteiger partial charge on any atom is -0.452 e.